The molecule has 38 heavy (non-hydrogen) atoms. The van der Waals surface area contributed by atoms with Gasteiger partial charge in [0, 0.05) is 23.1 Å². The van der Waals surface area contributed by atoms with E-state index in [4.69, 9.17) is 0 Å². The molecule has 1 aliphatic heterocycles. The third kappa shape index (κ3) is 3.14. The molecule has 5 nitrogen and oxygen atoms in total. The van der Waals surface area contributed by atoms with Crippen LogP contribution in [0, 0.1) is 11.8 Å². The first kappa shape index (κ1) is 22.7. The van der Waals surface area contributed by atoms with Crippen LogP contribution in [0.5, 0.6) is 0 Å². The van der Waals surface area contributed by atoms with Gasteiger partial charge in [-0.2, -0.15) is 0 Å². The maximum absolute atomic E-state index is 13.9. The Morgan fingerprint density at radius 1 is 0.684 bits per heavy atom. The van der Waals surface area contributed by atoms with Gasteiger partial charge in [-0.05, 0) is 64.6 Å². The van der Waals surface area contributed by atoms with Crippen LogP contribution < -0.4 is 10.2 Å². The Bertz CT molecular complexity index is 1510. The summed E-state index contributed by atoms with van der Waals surface area (Å²) in [7, 11) is 0. The molecule has 1 saturated heterocycles. The number of imide groups is 1. The zero-order valence-corrected chi connectivity index (χ0v) is 20.9. The minimum Gasteiger partial charge on any atom is -0.322 e. The van der Waals surface area contributed by atoms with Gasteiger partial charge in [-0.15, -0.1) is 0 Å². The second kappa shape index (κ2) is 8.52. The summed E-state index contributed by atoms with van der Waals surface area (Å²) in [5.41, 5.74) is 7.43. The number of anilines is 2. The molecule has 0 unspecified atom stereocenters. The third-order valence-corrected chi connectivity index (χ3v) is 8.48. The number of hydrogen-bond acceptors (Lipinski definition) is 3. The summed E-state index contributed by atoms with van der Waals surface area (Å²) in [4.78, 5) is 42.1. The van der Waals surface area contributed by atoms with E-state index in [0.717, 1.165) is 39.9 Å². The van der Waals surface area contributed by atoms with Crippen LogP contribution in [-0.2, 0) is 16.0 Å². The molecule has 1 heterocycles. The Morgan fingerprint density at radius 3 is 1.66 bits per heavy atom. The molecule has 2 atom stereocenters. The molecule has 0 aromatic heterocycles. The first-order valence-corrected chi connectivity index (χ1v) is 13.1. The average Bonchev–Trinajstić information content (AvgIpc) is 3.23. The largest absolute Gasteiger partial charge is 0.322 e. The van der Waals surface area contributed by atoms with Crippen molar-refractivity contribution in [2.75, 3.05) is 10.2 Å². The molecular formula is C33H26N2O3. The fraction of sp³-hybridized carbons (Fsp3) is 0.182. The Kier molecular flexibility index (Phi) is 5.08. The van der Waals surface area contributed by atoms with Gasteiger partial charge in [0.15, 0.2) is 0 Å². The number of nitrogens with zero attached hydrogens (tertiary/aromatic N) is 1. The summed E-state index contributed by atoms with van der Waals surface area (Å²) in [6, 6.07) is 31.0. The number of benzene rings is 4. The normalized spacial score (nSPS) is 22.6. The zero-order chi connectivity index (χ0) is 26.0. The minimum absolute atomic E-state index is 0.137. The van der Waals surface area contributed by atoms with E-state index in [-0.39, 0.29) is 29.6 Å². The molecule has 4 aliphatic rings. The number of carbonyl (C=O) groups excluding carboxylic acids is 3. The molecule has 4 aromatic rings. The maximum Gasteiger partial charge on any atom is 0.255 e. The van der Waals surface area contributed by atoms with Crippen LogP contribution in [0.2, 0.25) is 0 Å². The van der Waals surface area contributed by atoms with Crippen LogP contribution in [0.3, 0.4) is 0 Å². The van der Waals surface area contributed by atoms with Crippen molar-refractivity contribution in [1.82, 2.24) is 0 Å². The van der Waals surface area contributed by atoms with Gasteiger partial charge in [-0.25, -0.2) is 4.90 Å². The second-order valence-electron chi connectivity index (χ2n) is 10.3. The molecular weight excluding hydrogens is 472 g/mol. The van der Waals surface area contributed by atoms with Gasteiger partial charge in [-0.1, -0.05) is 73.7 Å². The number of nitrogens with one attached hydrogen (secondary N) is 1. The summed E-state index contributed by atoms with van der Waals surface area (Å²) in [5.74, 6) is -1.67. The van der Waals surface area contributed by atoms with Gasteiger partial charge in [-0.3, -0.25) is 14.4 Å². The molecule has 0 saturated carbocycles. The first-order valence-electron chi connectivity index (χ1n) is 13.1. The van der Waals surface area contributed by atoms with Gasteiger partial charge in [0.2, 0.25) is 11.8 Å². The molecule has 186 valence electrons. The van der Waals surface area contributed by atoms with Gasteiger partial charge < -0.3 is 5.32 Å². The Morgan fingerprint density at radius 2 is 1.16 bits per heavy atom. The Hall–Kier alpha value is -4.51. The number of carbonyl (C=O) groups is 3. The van der Waals surface area contributed by atoms with E-state index >= 15 is 0 Å². The zero-order valence-electron chi connectivity index (χ0n) is 20.9. The molecule has 3 aliphatic carbocycles. The van der Waals surface area contributed by atoms with Crippen molar-refractivity contribution in [3.63, 3.8) is 0 Å². The summed E-state index contributed by atoms with van der Waals surface area (Å²) in [5, 5.41) is 2.98. The van der Waals surface area contributed by atoms with Crippen molar-refractivity contribution >= 4 is 29.1 Å². The maximum atomic E-state index is 13.9. The molecule has 3 amide bonds. The Labute approximate surface area is 221 Å². The van der Waals surface area contributed by atoms with E-state index in [0.29, 0.717) is 11.3 Å². The SMILES string of the molecule is CCc1ccccc1NC(=O)c1ccc(N2C(=O)[C@H]3C4c5ccccc5C(c5ccccc54)[C@@H]3C2=O)cc1. The molecule has 5 heteroatoms. The summed E-state index contributed by atoms with van der Waals surface area (Å²) in [6.45, 7) is 2.05. The average molecular weight is 499 g/mol. The standard InChI is InChI=1S/C33H26N2O3/c1-2-19-9-3-8-14-26(19)34-31(36)20-15-17-21(18-16-20)35-32(37)29-27-22-10-4-5-11-23(22)28(30(29)33(35)38)25-13-7-6-12-24(25)27/h3-18,27-30H,2H2,1H3,(H,34,36)/t27?,28?,29-,30-/m0/s1. The highest BCUT2D eigenvalue weighted by molar-refractivity contribution is 6.23. The predicted octanol–water partition coefficient (Wildman–Crippen LogP) is 5.90. The molecule has 1 N–H and O–H groups in total. The van der Waals surface area contributed by atoms with Gasteiger partial charge in [0.25, 0.3) is 5.91 Å². The van der Waals surface area contributed by atoms with Crippen molar-refractivity contribution in [2.24, 2.45) is 11.8 Å². The number of amides is 3. The molecule has 0 radical (unpaired) electrons. The quantitative estimate of drug-likeness (QED) is 0.357. The molecule has 0 spiro atoms. The predicted molar refractivity (Wildman–Crippen MR) is 146 cm³/mol. The fourth-order valence-electron chi connectivity index (χ4n) is 6.84. The lowest BCUT2D eigenvalue weighted by molar-refractivity contribution is -0.122. The van der Waals surface area contributed by atoms with Gasteiger partial charge >= 0.3 is 0 Å². The lowest BCUT2D eigenvalue weighted by Crippen LogP contribution is -2.41. The first-order chi connectivity index (χ1) is 18.6. The van der Waals surface area contributed by atoms with E-state index in [1.165, 1.54) is 4.90 Å². The van der Waals surface area contributed by atoms with Crippen molar-refractivity contribution in [3.05, 3.63) is 130 Å². The molecule has 8 rings (SSSR count). The lowest BCUT2D eigenvalue weighted by atomic mass is 9.55. The van der Waals surface area contributed by atoms with Crippen molar-refractivity contribution < 1.29 is 14.4 Å². The van der Waals surface area contributed by atoms with Crippen LogP contribution in [-0.4, -0.2) is 17.7 Å². The van der Waals surface area contributed by atoms with Crippen LogP contribution in [0.25, 0.3) is 0 Å². The summed E-state index contributed by atoms with van der Waals surface area (Å²) in [6.07, 6.45) is 0.812. The monoisotopic (exact) mass is 498 g/mol. The van der Waals surface area contributed by atoms with Crippen LogP contribution >= 0.6 is 0 Å². The number of para-hydroxylation sites is 1. The molecule has 4 aromatic carbocycles. The highest BCUT2D eigenvalue weighted by atomic mass is 16.2. The lowest BCUT2D eigenvalue weighted by Gasteiger charge is -2.45. The van der Waals surface area contributed by atoms with Crippen molar-refractivity contribution in [3.8, 4) is 0 Å². The smallest absolute Gasteiger partial charge is 0.255 e. The van der Waals surface area contributed by atoms with E-state index < -0.39 is 11.8 Å². The van der Waals surface area contributed by atoms with Crippen molar-refractivity contribution in [1.29, 1.82) is 0 Å². The fourth-order valence-corrected chi connectivity index (χ4v) is 6.84. The van der Waals surface area contributed by atoms with Gasteiger partial charge in [0.1, 0.15) is 0 Å². The van der Waals surface area contributed by atoms with E-state index in [9.17, 15) is 14.4 Å². The number of rotatable bonds is 4. The third-order valence-electron chi connectivity index (χ3n) is 8.48. The second-order valence-corrected chi connectivity index (χ2v) is 10.3. The van der Waals surface area contributed by atoms with Crippen molar-refractivity contribution in [2.45, 2.75) is 25.2 Å². The van der Waals surface area contributed by atoms with Gasteiger partial charge in [0.05, 0.1) is 17.5 Å². The number of aryl methyl sites for hydroxylation is 1. The molecule has 1 fully saturated rings. The summed E-state index contributed by atoms with van der Waals surface area (Å²) >= 11 is 0. The highest BCUT2D eigenvalue weighted by Crippen LogP contribution is 2.61. The van der Waals surface area contributed by atoms with Crippen LogP contribution in [0.1, 0.15) is 56.9 Å². The highest BCUT2D eigenvalue weighted by Gasteiger charge is 2.61. The van der Waals surface area contributed by atoms with E-state index in [1.54, 1.807) is 24.3 Å². The van der Waals surface area contributed by atoms with Crippen LogP contribution in [0.15, 0.2) is 97.1 Å². The number of hydrogen-bond donors (Lipinski definition) is 1. The van der Waals surface area contributed by atoms with E-state index in [2.05, 4.69) is 29.6 Å². The topological polar surface area (TPSA) is 66.5 Å². The Balaban J connectivity index is 1.21. The van der Waals surface area contributed by atoms with Crippen LogP contribution in [0.4, 0.5) is 11.4 Å². The summed E-state index contributed by atoms with van der Waals surface area (Å²) < 4.78 is 0. The minimum atomic E-state index is -0.425. The van der Waals surface area contributed by atoms with E-state index in [1.807, 2.05) is 55.5 Å². The molecule has 2 bridgehead atoms.